The summed E-state index contributed by atoms with van der Waals surface area (Å²) in [5.74, 6) is 0. The van der Waals surface area contributed by atoms with E-state index in [1.807, 2.05) is 6.07 Å². The van der Waals surface area contributed by atoms with Crippen LogP contribution in [-0.4, -0.2) is 6.54 Å². The van der Waals surface area contributed by atoms with Crippen molar-refractivity contribution in [2.45, 2.75) is 18.9 Å². The highest BCUT2D eigenvalue weighted by Crippen LogP contribution is 2.35. The first-order valence-electron chi connectivity index (χ1n) is 4.66. The van der Waals surface area contributed by atoms with E-state index in [1.54, 1.807) is 0 Å². The molecule has 3 N–H and O–H groups in total. The Morgan fingerprint density at radius 2 is 2.14 bits per heavy atom. The minimum atomic E-state index is 0.420. The molecule has 0 unspecified atom stereocenters. The summed E-state index contributed by atoms with van der Waals surface area (Å²) in [6.45, 7) is 1.09. The van der Waals surface area contributed by atoms with Gasteiger partial charge in [0.2, 0.25) is 0 Å². The average molecular weight is 320 g/mol. The largest absolute Gasteiger partial charge is 0.398 e. The van der Waals surface area contributed by atoms with Gasteiger partial charge >= 0.3 is 0 Å². The van der Waals surface area contributed by atoms with Gasteiger partial charge in [0.1, 0.15) is 0 Å². The standard InChI is InChI=1S/C10H12Br2N2/c11-6-4-7(9-2-1-3-14-9)10(13)8(12)5-6/h4-5,9,14H,1-3,13H2/t9-/m1/s1. The van der Waals surface area contributed by atoms with Gasteiger partial charge in [-0.05, 0) is 53.0 Å². The van der Waals surface area contributed by atoms with Crippen LogP contribution in [0, 0.1) is 0 Å². The molecule has 1 saturated heterocycles. The Balaban J connectivity index is 2.40. The van der Waals surface area contributed by atoms with E-state index < -0.39 is 0 Å². The highest BCUT2D eigenvalue weighted by molar-refractivity contribution is 9.11. The Morgan fingerprint density at radius 3 is 2.79 bits per heavy atom. The zero-order valence-electron chi connectivity index (χ0n) is 7.69. The lowest BCUT2D eigenvalue weighted by atomic mass is 10.0. The number of benzene rings is 1. The van der Waals surface area contributed by atoms with Gasteiger partial charge in [-0.1, -0.05) is 15.9 Å². The molecule has 1 atom stereocenters. The number of hydrogen-bond donors (Lipinski definition) is 2. The minimum Gasteiger partial charge on any atom is -0.398 e. The molecule has 1 aliphatic rings. The fourth-order valence-corrected chi connectivity index (χ4v) is 3.10. The summed E-state index contributed by atoms with van der Waals surface area (Å²) < 4.78 is 2.04. The first kappa shape index (κ1) is 10.5. The van der Waals surface area contributed by atoms with Crippen LogP contribution in [0.5, 0.6) is 0 Å². The Kier molecular flexibility index (Phi) is 3.14. The molecule has 0 aromatic heterocycles. The molecule has 1 aliphatic heterocycles. The van der Waals surface area contributed by atoms with E-state index in [2.05, 4.69) is 43.2 Å². The van der Waals surface area contributed by atoms with E-state index >= 15 is 0 Å². The van der Waals surface area contributed by atoms with Crippen molar-refractivity contribution in [2.75, 3.05) is 12.3 Å². The van der Waals surface area contributed by atoms with Crippen molar-refractivity contribution in [3.63, 3.8) is 0 Å². The Labute approximate surface area is 101 Å². The van der Waals surface area contributed by atoms with Crippen LogP contribution in [0.4, 0.5) is 5.69 Å². The van der Waals surface area contributed by atoms with Crippen molar-refractivity contribution in [3.8, 4) is 0 Å². The predicted octanol–water partition coefficient (Wildman–Crippen LogP) is 3.22. The molecule has 2 rings (SSSR count). The normalized spacial score (nSPS) is 21.4. The summed E-state index contributed by atoms with van der Waals surface area (Å²) in [5, 5.41) is 3.45. The number of rotatable bonds is 1. The SMILES string of the molecule is Nc1c(Br)cc(Br)cc1[C@H]1CCCN1. The lowest BCUT2D eigenvalue weighted by molar-refractivity contribution is 0.649. The maximum Gasteiger partial charge on any atom is 0.0507 e. The van der Waals surface area contributed by atoms with E-state index in [9.17, 15) is 0 Å². The Morgan fingerprint density at radius 1 is 1.36 bits per heavy atom. The van der Waals surface area contributed by atoms with Gasteiger partial charge in [0.25, 0.3) is 0 Å². The molecule has 4 heteroatoms. The fraction of sp³-hybridized carbons (Fsp3) is 0.400. The van der Waals surface area contributed by atoms with E-state index in [-0.39, 0.29) is 0 Å². The van der Waals surface area contributed by atoms with Gasteiger partial charge in [-0.15, -0.1) is 0 Å². The van der Waals surface area contributed by atoms with Gasteiger partial charge in [-0.25, -0.2) is 0 Å². The molecule has 76 valence electrons. The van der Waals surface area contributed by atoms with Gasteiger partial charge in [0.15, 0.2) is 0 Å². The molecule has 2 nitrogen and oxygen atoms in total. The number of halogens is 2. The first-order chi connectivity index (χ1) is 6.68. The fourth-order valence-electron chi connectivity index (χ4n) is 1.84. The molecule has 1 fully saturated rings. The number of hydrogen-bond acceptors (Lipinski definition) is 2. The maximum absolute atomic E-state index is 6.02. The second-order valence-electron chi connectivity index (χ2n) is 3.54. The molecule has 1 aromatic carbocycles. The van der Waals surface area contributed by atoms with Crippen LogP contribution in [0.1, 0.15) is 24.4 Å². The third-order valence-corrected chi connectivity index (χ3v) is 3.68. The molecular weight excluding hydrogens is 308 g/mol. The van der Waals surface area contributed by atoms with Crippen LogP contribution in [0.15, 0.2) is 21.1 Å². The van der Waals surface area contributed by atoms with Crippen LogP contribution >= 0.6 is 31.9 Å². The third kappa shape index (κ3) is 1.97. The lowest BCUT2D eigenvalue weighted by Gasteiger charge is -2.15. The number of nitrogen functional groups attached to an aromatic ring is 1. The van der Waals surface area contributed by atoms with E-state index in [4.69, 9.17) is 5.73 Å². The van der Waals surface area contributed by atoms with E-state index in [1.165, 1.54) is 18.4 Å². The molecule has 0 saturated carbocycles. The topological polar surface area (TPSA) is 38.0 Å². The molecule has 1 aromatic rings. The van der Waals surface area contributed by atoms with Gasteiger partial charge in [-0.2, -0.15) is 0 Å². The maximum atomic E-state index is 6.02. The molecule has 1 heterocycles. The van der Waals surface area contributed by atoms with E-state index in [0.29, 0.717) is 6.04 Å². The van der Waals surface area contributed by atoms with Gasteiger partial charge in [-0.3, -0.25) is 0 Å². The van der Waals surface area contributed by atoms with Crippen LogP contribution in [-0.2, 0) is 0 Å². The van der Waals surface area contributed by atoms with Crippen LogP contribution in [0.25, 0.3) is 0 Å². The summed E-state index contributed by atoms with van der Waals surface area (Å²) >= 11 is 6.94. The Bertz CT molecular complexity index is 346. The lowest BCUT2D eigenvalue weighted by Crippen LogP contribution is -2.14. The summed E-state index contributed by atoms with van der Waals surface area (Å²) in [6.07, 6.45) is 2.40. The molecule has 14 heavy (non-hydrogen) atoms. The first-order valence-corrected chi connectivity index (χ1v) is 6.25. The summed E-state index contributed by atoms with van der Waals surface area (Å²) in [6, 6.07) is 4.50. The Hall–Kier alpha value is -0.0600. The van der Waals surface area contributed by atoms with Crippen molar-refractivity contribution >= 4 is 37.5 Å². The quantitative estimate of drug-likeness (QED) is 0.780. The minimum absolute atomic E-state index is 0.420. The van der Waals surface area contributed by atoms with Crippen molar-refractivity contribution in [2.24, 2.45) is 0 Å². The molecule has 0 spiro atoms. The second-order valence-corrected chi connectivity index (χ2v) is 5.31. The van der Waals surface area contributed by atoms with Crippen LogP contribution in [0.3, 0.4) is 0 Å². The summed E-state index contributed by atoms with van der Waals surface area (Å²) in [5.41, 5.74) is 8.08. The van der Waals surface area contributed by atoms with Crippen molar-refractivity contribution < 1.29 is 0 Å². The molecule has 0 bridgehead atoms. The molecule has 0 radical (unpaired) electrons. The number of anilines is 1. The third-order valence-electron chi connectivity index (χ3n) is 2.56. The monoisotopic (exact) mass is 318 g/mol. The van der Waals surface area contributed by atoms with Crippen molar-refractivity contribution in [1.82, 2.24) is 5.32 Å². The van der Waals surface area contributed by atoms with Gasteiger partial charge < -0.3 is 11.1 Å². The number of nitrogens with one attached hydrogen (secondary N) is 1. The predicted molar refractivity (Wildman–Crippen MR) is 66.2 cm³/mol. The van der Waals surface area contributed by atoms with Crippen LogP contribution in [0.2, 0.25) is 0 Å². The average Bonchev–Trinajstić information content (AvgIpc) is 2.63. The van der Waals surface area contributed by atoms with Gasteiger partial charge in [0, 0.05) is 15.0 Å². The van der Waals surface area contributed by atoms with Gasteiger partial charge in [0.05, 0.1) is 5.69 Å². The molecular formula is C10H12Br2N2. The highest BCUT2D eigenvalue weighted by atomic mass is 79.9. The molecule has 0 aliphatic carbocycles. The van der Waals surface area contributed by atoms with Crippen molar-refractivity contribution in [3.05, 3.63) is 26.6 Å². The summed E-state index contributed by atoms with van der Waals surface area (Å²) in [4.78, 5) is 0. The second kappa shape index (κ2) is 4.21. The smallest absolute Gasteiger partial charge is 0.0507 e. The zero-order chi connectivity index (χ0) is 10.1. The zero-order valence-corrected chi connectivity index (χ0v) is 10.9. The van der Waals surface area contributed by atoms with Crippen molar-refractivity contribution in [1.29, 1.82) is 0 Å². The molecule has 0 amide bonds. The van der Waals surface area contributed by atoms with E-state index in [0.717, 1.165) is 21.2 Å². The highest BCUT2D eigenvalue weighted by Gasteiger charge is 2.19. The summed E-state index contributed by atoms with van der Waals surface area (Å²) in [7, 11) is 0. The van der Waals surface area contributed by atoms with Crippen LogP contribution < -0.4 is 11.1 Å². The number of nitrogens with two attached hydrogens (primary N) is 1.